The third-order valence-electron chi connectivity index (χ3n) is 2.85. The van der Waals surface area contributed by atoms with Crippen LogP contribution in [0.3, 0.4) is 0 Å². The van der Waals surface area contributed by atoms with Gasteiger partial charge in [0.2, 0.25) is 0 Å². The van der Waals surface area contributed by atoms with Crippen LogP contribution in [0.5, 0.6) is 5.75 Å². The topological polar surface area (TPSA) is 50.9 Å². The predicted octanol–water partition coefficient (Wildman–Crippen LogP) is 2.99. The second kappa shape index (κ2) is 3.99. The maximum atomic E-state index is 9.55. The molecule has 0 bridgehead atoms. The number of halogens is 1. The zero-order valence-corrected chi connectivity index (χ0v) is 10.4. The first-order valence-electron chi connectivity index (χ1n) is 5.43. The fraction of sp³-hybridized carbons (Fsp3) is 0.0769. The quantitative estimate of drug-likeness (QED) is 0.731. The van der Waals surface area contributed by atoms with E-state index >= 15 is 0 Å². The minimum absolute atomic E-state index is 0.161. The Hall–Kier alpha value is -2.07. The van der Waals surface area contributed by atoms with Crippen LogP contribution in [-0.2, 0) is 7.05 Å². The molecule has 0 aliphatic heterocycles. The molecule has 0 saturated carbocycles. The third-order valence-corrected chi connectivity index (χ3v) is 3.18. The molecule has 0 atom stereocenters. The van der Waals surface area contributed by atoms with Gasteiger partial charge in [0.1, 0.15) is 11.6 Å². The van der Waals surface area contributed by atoms with Crippen molar-refractivity contribution in [3.05, 3.63) is 41.6 Å². The van der Waals surface area contributed by atoms with E-state index in [1.807, 2.05) is 23.7 Å². The van der Waals surface area contributed by atoms with Crippen LogP contribution in [0.1, 0.15) is 0 Å². The van der Waals surface area contributed by atoms with E-state index in [4.69, 9.17) is 11.6 Å². The summed E-state index contributed by atoms with van der Waals surface area (Å²) in [5, 5.41) is 10.1. The number of aromatic hydroxyl groups is 1. The summed E-state index contributed by atoms with van der Waals surface area (Å²) in [5.41, 5.74) is 2.28. The molecule has 0 saturated heterocycles. The van der Waals surface area contributed by atoms with E-state index in [0.29, 0.717) is 22.1 Å². The minimum Gasteiger partial charge on any atom is -0.508 e. The van der Waals surface area contributed by atoms with Crippen LogP contribution in [0.15, 0.2) is 36.5 Å². The molecule has 0 spiro atoms. The first-order valence-corrected chi connectivity index (χ1v) is 5.81. The molecule has 3 aromatic rings. The van der Waals surface area contributed by atoms with Crippen molar-refractivity contribution < 1.29 is 5.11 Å². The number of phenols is 1. The Balaban J connectivity index is 2.31. The van der Waals surface area contributed by atoms with Crippen molar-refractivity contribution in [1.29, 1.82) is 0 Å². The van der Waals surface area contributed by atoms with Crippen molar-refractivity contribution in [3.63, 3.8) is 0 Å². The van der Waals surface area contributed by atoms with Gasteiger partial charge in [0.05, 0.1) is 10.5 Å². The molecule has 3 rings (SSSR count). The predicted molar refractivity (Wildman–Crippen MR) is 70.6 cm³/mol. The van der Waals surface area contributed by atoms with Crippen molar-refractivity contribution in [2.75, 3.05) is 0 Å². The van der Waals surface area contributed by atoms with E-state index in [2.05, 4.69) is 9.97 Å². The lowest BCUT2D eigenvalue weighted by atomic mass is 10.2. The Morgan fingerprint density at radius 2 is 2.11 bits per heavy atom. The Labute approximate surface area is 108 Å². The van der Waals surface area contributed by atoms with Gasteiger partial charge >= 0.3 is 0 Å². The number of pyridine rings is 1. The second-order valence-electron chi connectivity index (χ2n) is 4.00. The van der Waals surface area contributed by atoms with Gasteiger partial charge in [-0.15, -0.1) is 0 Å². The molecule has 2 aromatic heterocycles. The van der Waals surface area contributed by atoms with E-state index in [1.54, 1.807) is 24.4 Å². The van der Waals surface area contributed by atoms with E-state index in [-0.39, 0.29) is 5.75 Å². The number of hydrogen-bond donors (Lipinski definition) is 1. The molecule has 2 heterocycles. The number of aryl methyl sites for hydroxylation is 1. The van der Waals surface area contributed by atoms with Crippen LogP contribution in [0.4, 0.5) is 0 Å². The van der Waals surface area contributed by atoms with E-state index in [9.17, 15) is 5.11 Å². The van der Waals surface area contributed by atoms with Crippen molar-refractivity contribution in [1.82, 2.24) is 14.5 Å². The van der Waals surface area contributed by atoms with E-state index in [1.165, 1.54) is 0 Å². The standard InChI is InChI=1S/C13H10ClN3O/c1-17-11-3-2-6-15-12(11)16-13(17)9-7-8(18)4-5-10(9)14/h2-7,18H,1H3. The van der Waals surface area contributed by atoms with Gasteiger partial charge in [-0.05, 0) is 30.3 Å². The van der Waals surface area contributed by atoms with Gasteiger partial charge in [-0.25, -0.2) is 9.97 Å². The molecule has 5 heteroatoms. The SMILES string of the molecule is Cn1c(-c2cc(O)ccc2Cl)nc2ncccc21. The number of benzene rings is 1. The van der Waals surface area contributed by atoms with Gasteiger partial charge in [-0.1, -0.05) is 11.6 Å². The molecule has 0 aliphatic carbocycles. The molecule has 0 radical (unpaired) electrons. The summed E-state index contributed by atoms with van der Waals surface area (Å²) in [6.07, 6.45) is 1.70. The summed E-state index contributed by atoms with van der Waals surface area (Å²) in [5.74, 6) is 0.846. The van der Waals surface area contributed by atoms with Gasteiger partial charge in [0.25, 0.3) is 0 Å². The first-order chi connectivity index (χ1) is 8.66. The van der Waals surface area contributed by atoms with Crippen molar-refractivity contribution >= 4 is 22.8 Å². The molecule has 1 N–H and O–H groups in total. The van der Waals surface area contributed by atoms with Crippen LogP contribution in [0, 0.1) is 0 Å². The molecule has 0 aliphatic rings. The molecular formula is C13H10ClN3O. The number of imidazole rings is 1. The van der Waals surface area contributed by atoms with Crippen LogP contribution >= 0.6 is 11.6 Å². The van der Waals surface area contributed by atoms with Gasteiger partial charge < -0.3 is 9.67 Å². The van der Waals surface area contributed by atoms with Crippen LogP contribution < -0.4 is 0 Å². The minimum atomic E-state index is 0.161. The third kappa shape index (κ3) is 1.62. The molecule has 18 heavy (non-hydrogen) atoms. The highest BCUT2D eigenvalue weighted by molar-refractivity contribution is 6.33. The Kier molecular flexibility index (Phi) is 2.45. The van der Waals surface area contributed by atoms with Gasteiger partial charge in [0.15, 0.2) is 5.65 Å². The summed E-state index contributed by atoms with van der Waals surface area (Å²) in [6, 6.07) is 8.60. The fourth-order valence-corrected chi connectivity index (χ4v) is 2.15. The highest BCUT2D eigenvalue weighted by Gasteiger charge is 2.13. The second-order valence-corrected chi connectivity index (χ2v) is 4.41. The molecule has 0 fully saturated rings. The summed E-state index contributed by atoms with van der Waals surface area (Å²) in [7, 11) is 1.90. The summed E-state index contributed by atoms with van der Waals surface area (Å²) in [4.78, 5) is 8.64. The Morgan fingerprint density at radius 3 is 2.89 bits per heavy atom. The Bertz CT molecular complexity index is 736. The lowest BCUT2D eigenvalue weighted by Crippen LogP contribution is -1.93. The smallest absolute Gasteiger partial charge is 0.178 e. The normalized spacial score (nSPS) is 11.0. The molecule has 0 unspecified atom stereocenters. The van der Waals surface area contributed by atoms with Gasteiger partial charge in [0, 0.05) is 18.8 Å². The largest absolute Gasteiger partial charge is 0.508 e. The number of phenolic OH excluding ortho intramolecular Hbond substituents is 1. The molecule has 0 amide bonds. The summed E-state index contributed by atoms with van der Waals surface area (Å²) >= 11 is 6.15. The first kappa shape index (κ1) is 11.0. The average molecular weight is 260 g/mol. The van der Waals surface area contributed by atoms with Crippen LogP contribution in [0.2, 0.25) is 5.02 Å². The number of rotatable bonds is 1. The lowest BCUT2D eigenvalue weighted by molar-refractivity contribution is 0.475. The van der Waals surface area contributed by atoms with E-state index < -0.39 is 0 Å². The number of nitrogens with zero attached hydrogens (tertiary/aromatic N) is 3. The zero-order valence-electron chi connectivity index (χ0n) is 9.63. The summed E-state index contributed by atoms with van der Waals surface area (Å²) < 4.78 is 1.91. The molecule has 4 nitrogen and oxygen atoms in total. The van der Waals surface area contributed by atoms with Crippen LogP contribution in [0.25, 0.3) is 22.6 Å². The molecular weight excluding hydrogens is 250 g/mol. The maximum absolute atomic E-state index is 9.55. The highest BCUT2D eigenvalue weighted by atomic mass is 35.5. The van der Waals surface area contributed by atoms with Crippen molar-refractivity contribution in [2.24, 2.45) is 7.05 Å². The number of hydrogen-bond acceptors (Lipinski definition) is 3. The Morgan fingerprint density at radius 1 is 1.28 bits per heavy atom. The molecule has 90 valence electrons. The van der Waals surface area contributed by atoms with E-state index in [0.717, 1.165) is 5.52 Å². The maximum Gasteiger partial charge on any atom is 0.178 e. The number of aromatic nitrogens is 3. The van der Waals surface area contributed by atoms with Gasteiger partial charge in [-0.3, -0.25) is 0 Å². The van der Waals surface area contributed by atoms with Crippen molar-refractivity contribution in [2.45, 2.75) is 0 Å². The highest BCUT2D eigenvalue weighted by Crippen LogP contribution is 2.31. The monoisotopic (exact) mass is 259 g/mol. The lowest BCUT2D eigenvalue weighted by Gasteiger charge is -2.05. The average Bonchev–Trinajstić information content (AvgIpc) is 2.71. The fourth-order valence-electron chi connectivity index (χ4n) is 1.95. The van der Waals surface area contributed by atoms with Gasteiger partial charge in [-0.2, -0.15) is 0 Å². The van der Waals surface area contributed by atoms with Crippen LogP contribution in [-0.4, -0.2) is 19.6 Å². The molecule has 1 aromatic carbocycles. The number of fused-ring (bicyclic) bond motifs is 1. The summed E-state index contributed by atoms with van der Waals surface area (Å²) in [6.45, 7) is 0. The zero-order chi connectivity index (χ0) is 12.7. The van der Waals surface area contributed by atoms with Crippen molar-refractivity contribution in [3.8, 4) is 17.1 Å².